The first-order valence-corrected chi connectivity index (χ1v) is 8.02. The largest absolute Gasteiger partial charge is 0.492 e. The lowest BCUT2D eigenvalue weighted by molar-refractivity contribution is -0.0983. The van der Waals surface area contributed by atoms with Crippen molar-refractivity contribution in [2.45, 2.75) is 43.8 Å². The maximum Gasteiger partial charge on any atom is 0.492 e. The zero-order valence-corrected chi connectivity index (χ0v) is 14.3. The van der Waals surface area contributed by atoms with E-state index in [0.29, 0.717) is 5.46 Å². The number of hydrogen-bond donors (Lipinski definition) is 2. The highest BCUT2D eigenvalue weighted by atomic mass is 79.9. The molecule has 19 heavy (non-hydrogen) atoms. The number of rotatable bonds is 5. The van der Waals surface area contributed by atoms with Crippen molar-refractivity contribution < 1.29 is 14.8 Å². The number of aliphatic hydroxyl groups is 1. The minimum Gasteiger partial charge on any atom is -0.423 e. The Kier molecular flexibility index (Phi) is 5.55. The fraction of sp³-hybridized carbons (Fsp3) is 0.538. The van der Waals surface area contributed by atoms with Crippen molar-refractivity contribution in [3.8, 4) is 0 Å². The fourth-order valence-electron chi connectivity index (χ4n) is 1.42. The highest BCUT2D eigenvalue weighted by Gasteiger charge is 2.40. The van der Waals surface area contributed by atoms with Gasteiger partial charge in [-0.15, -0.1) is 11.8 Å². The number of thioether (sulfide) groups is 1. The molecule has 2 N–H and O–H groups in total. The Morgan fingerprint density at radius 2 is 1.84 bits per heavy atom. The summed E-state index contributed by atoms with van der Waals surface area (Å²) in [6.45, 7) is 6.84. The van der Waals surface area contributed by atoms with Gasteiger partial charge in [0.05, 0.1) is 11.2 Å². The van der Waals surface area contributed by atoms with E-state index >= 15 is 0 Å². The first kappa shape index (κ1) is 17.0. The average Bonchev–Trinajstić information content (AvgIpc) is 2.26. The Hall–Kier alpha value is -0.00506. The van der Waals surface area contributed by atoms with Gasteiger partial charge in [0.1, 0.15) is 0 Å². The SMILES string of the molecule is CSc1c(Br)cccc1B(O)OC(C)(C)C(C)(C)O. The molecule has 0 bridgehead atoms. The average molecular weight is 347 g/mol. The van der Waals surface area contributed by atoms with Crippen LogP contribution in [0.15, 0.2) is 27.6 Å². The summed E-state index contributed by atoms with van der Waals surface area (Å²) in [5, 5.41) is 20.4. The van der Waals surface area contributed by atoms with Gasteiger partial charge in [-0.1, -0.05) is 12.1 Å². The summed E-state index contributed by atoms with van der Waals surface area (Å²) in [6.07, 6.45) is 1.94. The molecule has 0 saturated heterocycles. The second-order valence-electron chi connectivity index (χ2n) is 5.40. The van der Waals surface area contributed by atoms with Crippen LogP contribution < -0.4 is 5.46 Å². The number of hydrogen-bond acceptors (Lipinski definition) is 4. The lowest BCUT2D eigenvalue weighted by Crippen LogP contribution is -2.53. The third-order valence-electron chi connectivity index (χ3n) is 3.35. The third-order valence-corrected chi connectivity index (χ3v) is 5.13. The van der Waals surface area contributed by atoms with Crippen LogP contribution in [-0.2, 0) is 4.65 Å². The lowest BCUT2D eigenvalue weighted by atomic mass is 9.76. The van der Waals surface area contributed by atoms with E-state index in [4.69, 9.17) is 4.65 Å². The first-order chi connectivity index (χ1) is 8.60. The van der Waals surface area contributed by atoms with Gasteiger partial charge >= 0.3 is 7.12 Å². The third kappa shape index (κ3) is 3.98. The van der Waals surface area contributed by atoms with E-state index in [1.54, 1.807) is 27.7 Å². The number of halogens is 1. The standard InChI is InChI=1S/C13H20BBrO3S/c1-12(2,16)13(3,4)18-14(17)9-7-6-8-10(15)11(9)19-5/h6-8,16-17H,1-5H3. The summed E-state index contributed by atoms with van der Waals surface area (Å²) in [6, 6.07) is 5.59. The maximum atomic E-state index is 10.3. The topological polar surface area (TPSA) is 49.7 Å². The summed E-state index contributed by atoms with van der Waals surface area (Å²) in [5.74, 6) is 0. The lowest BCUT2D eigenvalue weighted by Gasteiger charge is -2.38. The molecule has 0 fully saturated rings. The van der Waals surface area contributed by atoms with E-state index in [2.05, 4.69) is 15.9 Å². The van der Waals surface area contributed by atoms with Crippen molar-refractivity contribution in [2.75, 3.05) is 6.26 Å². The summed E-state index contributed by atoms with van der Waals surface area (Å²) in [5.41, 5.74) is -1.23. The van der Waals surface area contributed by atoms with Gasteiger partial charge in [-0.3, -0.25) is 0 Å². The molecular weight excluding hydrogens is 327 g/mol. The quantitative estimate of drug-likeness (QED) is 0.635. The van der Waals surface area contributed by atoms with E-state index in [9.17, 15) is 10.1 Å². The van der Waals surface area contributed by atoms with Crippen molar-refractivity contribution in [2.24, 2.45) is 0 Å². The molecule has 0 spiro atoms. The van der Waals surface area contributed by atoms with Gasteiger partial charge in [0.15, 0.2) is 0 Å². The van der Waals surface area contributed by atoms with Gasteiger partial charge < -0.3 is 14.8 Å². The van der Waals surface area contributed by atoms with E-state index in [1.807, 2.05) is 24.5 Å². The van der Waals surface area contributed by atoms with Gasteiger partial charge in [-0.25, -0.2) is 0 Å². The van der Waals surface area contributed by atoms with Crippen LogP contribution in [0.5, 0.6) is 0 Å². The van der Waals surface area contributed by atoms with Gasteiger partial charge in [-0.2, -0.15) is 0 Å². The molecule has 1 rings (SSSR count). The van der Waals surface area contributed by atoms with Crippen molar-refractivity contribution in [1.29, 1.82) is 0 Å². The molecule has 1 aromatic rings. The molecule has 1 aromatic carbocycles. The summed E-state index contributed by atoms with van der Waals surface area (Å²) in [4.78, 5) is 0.932. The minimum atomic E-state index is -1.08. The Morgan fingerprint density at radius 1 is 1.26 bits per heavy atom. The molecule has 0 radical (unpaired) electrons. The smallest absolute Gasteiger partial charge is 0.423 e. The molecule has 0 atom stereocenters. The van der Waals surface area contributed by atoms with Crippen molar-refractivity contribution >= 4 is 40.3 Å². The van der Waals surface area contributed by atoms with Crippen LogP contribution in [0.4, 0.5) is 0 Å². The molecule has 3 nitrogen and oxygen atoms in total. The van der Waals surface area contributed by atoms with Crippen LogP contribution in [0.2, 0.25) is 0 Å². The van der Waals surface area contributed by atoms with E-state index < -0.39 is 18.3 Å². The second-order valence-corrected chi connectivity index (χ2v) is 7.07. The Bertz CT molecular complexity index is 446. The Labute approximate surface area is 128 Å². The molecule has 0 aromatic heterocycles. The van der Waals surface area contributed by atoms with E-state index in [-0.39, 0.29) is 0 Å². The van der Waals surface area contributed by atoms with Crippen LogP contribution in [-0.4, -0.2) is 34.7 Å². The predicted molar refractivity (Wildman–Crippen MR) is 85.0 cm³/mol. The molecule has 0 heterocycles. The van der Waals surface area contributed by atoms with E-state index in [0.717, 1.165) is 9.37 Å². The van der Waals surface area contributed by atoms with Gasteiger partial charge in [-0.05, 0) is 61.4 Å². The zero-order valence-electron chi connectivity index (χ0n) is 11.9. The fourth-order valence-corrected chi connectivity index (χ4v) is 2.96. The Balaban J connectivity index is 3.03. The molecule has 0 unspecified atom stereocenters. The van der Waals surface area contributed by atoms with Crippen molar-refractivity contribution in [3.63, 3.8) is 0 Å². The van der Waals surface area contributed by atoms with Crippen LogP contribution in [0.25, 0.3) is 0 Å². The van der Waals surface area contributed by atoms with Gasteiger partial charge in [0, 0.05) is 9.37 Å². The van der Waals surface area contributed by atoms with E-state index in [1.165, 1.54) is 11.8 Å². The highest BCUT2D eigenvalue weighted by molar-refractivity contribution is 9.10. The van der Waals surface area contributed by atoms with Crippen LogP contribution >= 0.6 is 27.7 Å². The normalized spacial score (nSPS) is 12.6. The monoisotopic (exact) mass is 346 g/mol. The molecule has 0 saturated carbocycles. The molecule has 6 heteroatoms. The second kappa shape index (κ2) is 6.18. The molecule has 106 valence electrons. The zero-order chi connectivity index (χ0) is 14.8. The molecular formula is C13H20BBrO3S. The molecule has 0 amide bonds. The van der Waals surface area contributed by atoms with Gasteiger partial charge in [0.2, 0.25) is 0 Å². The molecule has 0 aliphatic carbocycles. The summed E-state index contributed by atoms with van der Waals surface area (Å²) >= 11 is 4.99. The van der Waals surface area contributed by atoms with Gasteiger partial charge in [0.25, 0.3) is 0 Å². The van der Waals surface area contributed by atoms with Crippen molar-refractivity contribution in [3.05, 3.63) is 22.7 Å². The van der Waals surface area contributed by atoms with Crippen molar-refractivity contribution in [1.82, 2.24) is 0 Å². The first-order valence-electron chi connectivity index (χ1n) is 6.01. The predicted octanol–water partition coefficient (Wildman–Crippen LogP) is 2.42. The van der Waals surface area contributed by atoms with Crippen LogP contribution in [0, 0.1) is 0 Å². The summed E-state index contributed by atoms with van der Waals surface area (Å²) < 4.78 is 6.57. The number of benzene rings is 1. The summed E-state index contributed by atoms with van der Waals surface area (Å²) in [7, 11) is -1.08. The molecule has 0 aliphatic heterocycles. The maximum absolute atomic E-state index is 10.3. The van der Waals surface area contributed by atoms with Crippen LogP contribution in [0.3, 0.4) is 0 Å². The van der Waals surface area contributed by atoms with Crippen LogP contribution in [0.1, 0.15) is 27.7 Å². The molecule has 0 aliphatic rings. The minimum absolute atomic E-state index is 0.694. The Morgan fingerprint density at radius 3 is 2.32 bits per heavy atom. The highest BCUT2D eigenvalue weighted by Crippen LogP contribution is 2.28.